The summed E-state index contributed by atoms with van der Waals surface area (Å²) in [6.45, 7) is 8.42. The molecule has 1 fully saturated rings. The summed E-state index contributed by atoms with van der Waals surface area (Å²) in [6, 6.07) is 4.86. The Kier molecular flexibility index (Phi) is 5.13. The summed E-state index contributed by atoms with van der Waals surface area (Å²) in [4.78, 5) is 20.1. The van der Waals surface area contributed by atoms with Gasteiger partial charge in [0.1, 0.15) is 5.82 Å². The largest absolute Gasteiger partial charge is 0.342 e. The standard InChI is InChI=1S/C18H23FN4O2/c1-12-5-6-15(11-16(12)19)17-20-18(25-21-17)13(2)22-7-4-8-23(10-9-22)14(3)24/h5-6,11,13H,4,7-10H2,1-3H3/t13-/m0/s1. The highest BCUT2D eigenvalue weighted by Gasteiger charge is 2.25. The third-order valence-corrected chi connectivity index (χ3v) is 4.75. The van der Waals surface area contributed by atoms with E-state index in [-0.39, 0.29) is 17.8 Å². The molecule has 1 aliphatic heterocycles. The fourth-order valence-electron chi connectivity index (χ4n) is 3.05. The zero-order chi connectivity index (χ0) is 18.0. The number of aromatic nitrogens is 2. The summed E-state index contributed by atoms with van der Waals surface area (Å²) in [5, 5.41) is 4.00. The van der Waals surface area contributed by atoms with E-state index in [0.717, 1.165) is 26.1 Å². The molecule has 7 heteroatoms. The summed E-state index contributed by atoms with van der Waals surface area (Å²) in [5.74, 6) is 0.720. The first-order valence-electron chi connectivity index (χ1n) is 8.55. The molecule has 2 heterocycles. The van der Waals surface area contributed by atoms with Crippen molar-refractivity contribution >= 4 is 5.91 Å². The Bertz CT molecular complexity index is 761. The molecule has 1 aromatic heterocycles. The van der Waals surface area contributed by atoms with Gasteiger partial charge in [-0.3, -0.25) is 9.69 Å². The minimum Gasteiger partial charge on any atom is -0.342 e. The van der Waals surface area contributed by atoms with Crippen LogP contribution in [0.3, 0.4) is 0 Å². The highest BCUT2D eigenvalue weighted by molar-refractivity contribution is 5.73. The first-order chi connectivity index (χ1) is 12.0. The van der Waals surface area contributed by atoms with Gasteiger partial charge in [-0.2, -0.15) is 4.98 Å². The minimum atomic E-state index is -0.284. The predicted molar refractivity (Wildman–Crippen MR) is 91.3 cm³/mol. The summed E-state index contributed by atoms with van der Waals surface area (Å²) >= 11 is 0. The summed E-state index contributed by atoms with van der Waals surface area (Å²) < 4.78 is 19.2. The number of benzene rings is 1. The lowest BCUT2D eigenvalue weighted by Gasteiger charge is -2.24. The van der Waals surface area contributed by atoms with Crippen LogP contribution in [0.4, 0.5) is 4.39 Å². The van der Waals surface area contributed by atoms with Crippen LogP contribution >= 0.6 is 0 Å². The molecule has 134 valence electrons. The Morgan fingerprint density at radius 3 is 2.80 bits per heavy atom. The van der Waals surface area contributed by atoms with Crippen molar-refractivity contribution in [2.45, 2.75) is 33.2 Å². The Labute approximate surface area is 146 Å². The number of amides is 1. The summed E-state index contributed by atoms with van der Waals surface area (Å²) in [7, 11) is 0. The fraction of sp³-hybridized carbons (Fsp3) is 0.500. The molecular weight excluding hydrogens is 323 g/mol. The Morgan fingerprint density at radius 1 is 1.28 bits per heavy atom. The topological polar surface area (TPSA) is 62.5 Å². The molecule has 0 unspecified atom stereocenters. The second-order valence-corrected chi connectivity index (χ2v) is 6.49. The van der Waals surface area contributed by atoms with E-state index in [1.54, 1.807) is 26.0 Å². The highest BCUT2D eigenvalue weighted by atomic mass is 19.1. The zero-order valence-corrected chi connectivity index (χ0v) is 14.8. The molecule has 0 radical (unpaired) electrons. The molecule has 0 bridgehead atoms. The SMILES string of the molecule is CC(=O)N1CCCN([C@@H](C)c2nc(-c3ccc(C)c(F)c3)no2)CC1. The van der Waals surface area contributed by atoms with Gasteiger partial charge in [0.15, 0.2) is 0 Å². The smallest absolute Gasteiger partial charge is 0.244 e. The second-order valence-electron chi connectivity index (χ2n) is 6.49. The molecule has 0 N–H and O–H groups in total. The minimum absolute atomic E-state index is 0.0524. The van der Waals surface area contributed by atoms with E-state index in [4.69, 9.17) is 4.52 Å². The molecule has 2 aromatic rings. The molecule has 1 aromatic carbocycles. The van der Waals surface area contributed by atoms with Crippen molar-refractivity contribution in [2.24, 2.45) is 0 Å². The lowest BCUT2D eigenvalue weighted by Crippen LogP contribution is -2.34. The van der Waals surface area contributed by atoms with E-state index in [1.165, 1.54) is 6.07 Å². The Balaban J connectivity index is 1.73. The van der Waals surface area contributed by atoms with Crippen LogP contribution in [-0.4, -0.2) is 52.0 Å². The average Bonchev–Trinajstić information content (AvgIpc) is 2.94. The molecular formula is C18H23FN4O2. The van der Waals surface area contributed by atoms with Crippen molar-refractivity contribution < 1.29 is 13.7 Å². The number of rotatable bonds is 3. The maximum Gasteiger partial charge on any atom is 0.244 e. The third-order valence-electron chi connectivity index (χ3n) is 4.75. The molecule has 6 nitrogen and oxygen atoms in total. The van der Waals surface area contributed by atoms with Crippen LogP contribution < -0.4 is 0 Å². The number of halogens is 1. The van der Waals surface area contributed by atoms with E-state index in [1.807, 2.05) is 11.8 Å². The molecule has 1 amide bonds. The lowest BCUT2D eigenvalue weighted by atomic mass is 10.1. The van der Waals surface area contributed by atoms with Crippen LogP contribution in [0.25, 0.3) is 11.4 Å². The van der Waals surface area contributed by atoms with Gasteiger partial charge in [0.2, 0.25) is 17.6 Å². The maximum absolute atomic E-state index is 13.7. The molecule has 0 spiro atoms. The summed E-state index contributed by atoms with van der Waals surface area (Å²) in [6.07, 6.45) is 0.911. The molecule has 1 saturated heterocycles. The van der Waals surface area contributed by atoms with Crippen LogP contribution in [0.5, 0.6) is 0 Å². The van der Waals surface area contributed by atoms with Gasteiger partial charge < -0.3 is 9.42 Å². The van der Waals surface area contributed by atoms with Crippen LogP contribution in [0.2, 0.25) is 0 Å². The number of aryl methyl sites for hydroxylation is 1. The van der Waals surface area contributed by atoms with Gasteiger partial charge in [-0.05, 0) is 31.9 Å². The summed E-state index contributed by atoms with van der Waals surface area (Å²) in [5.41, 5.74) is 1.18. The van der Waals surface area contributed by atoms with Crippen molar-refractivity contribution in [1.82, 2.24) is 19.9 Å². The third kappa shape index (κ3) is 3.87. The van der Waals surface area contributed by atoms with Gasteiger partial charge in [0.05, 0.1) is 6.04 Å². The van der Waals surface area contributed by atoms with E-state index in [9.17, 15) is 9.18 Å². The fourth-order valence-corrected chi connectivity index (χ4v) is 3.05. The number of carbonyl (C=O) groups is 1. The van der Waals surface area contributed by atoms with Gasteiger partial charge in [-0.15, -0.1) is 0 Å². The molecule has 25 heavy (non-hydrogen) atoms. The average molecular weight is 346 g/mol. The van der Waals surface area contributed by atoms with Crippen molar-refractivity contribution in [1.29, 1.82) is 0 Å². The van der Waals surface area contributed by atoms with E-state index in [0.29, 0.717) is 29.4 Å². The Hall–Kier alpha value is -2.28. The number of hydrogen-bond acceptors (Lipinski definition) is 5. The van der Waals surface area contributed by atoms with E-state index >= 15 is 0 Å². The second kappa shape index (κ2) is 7.31. The molecule has 0 aliphatic carbocycles. The first-order valence-corrected chi connectivity index (χ1v) is 8.55. The number of hydrogen-bond donors (Lipinski definition) is 0. The highest BCUT2D eigenvalue weighted by Crippen LogP contribution is 2.24. The lowest BCUT2D eigenvalue weighted by molar-refractivity contribution is -0.128. The molecule has 0 saturated carbocycles. The molecule has 3 rings (SSSR count). The predicted octanol–water partition coefficient (Wildman–Crippen LogP) is 2.80. The van der Waals surface area contributed by atoms with Gasteiger partial charge in [-0.25, -0.2) is 4.39 Å². The van der Waals surface area contributed by atoms with Gasteiger partial charge >= 0.3 is 0 Å². The zero-order valence-electron chi connectivity index (χ0n) is 14.8. The van der Waals surface area contributed by atoms with Gasteiger partial charge in [0.25, 0.3) is 0 Å². The number of nitrogens with zero attached hydrogens (tertiary/aromatic N) is 4. The Morgan fingerprint density at radius 2 is 2.08 bits per heavy atom. The van der Waals surface area contributed by atoms with E-state index < -0.39 is 0 Å². The van der Waals surface area contributed by atoms with Crippen molar-refractivity contribution in [3.63, 3.8) is 0 Å². The van der Waals surface area contributed by atoms with Crippen molar-refractivity contribution in [3.05, 3.63) is 35.5 Å². The van der Waals surface area contributed by atoms with Gasteiger partial charge in [-0.1, -0.05) is 17.3 Å². The molecule has 1 aliphatic rings. The van der Waals surface area contributed by atoms with Crippen LogP contribution in [0.15, 0.2) is 22.7 Å². The van der Waals surface area contributed by atoms with Crippen molar-refractivity contribution in [2.75, 3.05) is 26.2 Å². The van der Waals surface area contributed by atoms with Crippen LogP contribution in [0, 0.1) is 12.7 Å². The van der Waals surface area contributed by atoms with E-state index in [2.05, 4.69) is 15.0 Å². The normalized spacial score (nSPS) is 17.4. The maximum atomic E-state index is 13.7. The van der Waals surface area contributed by atoms with Crippen LogP contribution in [0.1, 0.15) is 37.8 Å². The quantitative estimate of drug-likeness (QED) is 0.855. The monoisotopic (exact) mass is 346 g/mol. The first kappa shape index (κ1) is 17.5. The van der Waals surface area contributed by atoms with Crippen molar-refractivity contribution in [3.8, 4) is 11.4 Å². The number of carbonyl (C=O) groups excluding carboxylic acids is 1. The van der Waals surface area contributed by atoms with Crippen LogP contribution in [-0.2, 0) is 4.79 Å². The molecule has 1 atom stereocenters. The van der Waals surface area contributed by atoms with Gasteiger partial charge in [0, 0.05) is 38.7 Å².